The van der Waals surface area contributed by atoms with Gasteiger partial charge in [-0.3, -0.25) is 0 Å². The molecule has 0 N–H and O–H groups in total. The molecule has 0 spiro atoms. The molecule has 0 heterocycles. The fourth-order valence-electron chi connectivity index (χ4n) is 2.82. The molecule has 4 heteroatoms. The first-order chi connectivity index (χ1) is 14.0. The predicted octanol–water partition coefficient (Wildman–Crippen LogP) is 9.06. The average molecular weight is 425 g/mol. The summed E-state index contributed by atoms with van der Waals surface area (Å²) in [5.74, 6) is 0. The van der Waals surface area contributed by atoms with Gasteiger partial charge in [0.05, 0.1) is 18.8 Å². The van der Waals surface area contributed by atoms with Gasteiger partial charge in [-0.2, -0.15) is 0 Å². The summed E-state index contributed by atoms with van der Waals surface area (Å²) in [7, 11) is -2.83. The van der Waals surface area contributed by atoms with E-state index in [1.807, 2.05) is 25.3 Å². The molecule has 0 saturated carbocycles. The fourth-order valence-corrected chi connectivity index (χ4v) is 4.13. The highest BCUT2D eigenvalue weighted by Crippen LogP contribution is 2.21. The second-order valence-electron chi connectivity index (χ2n) is 7.92. The van der Waals surface area contributed by atoms with Crippen molar-refractivity contribution in [2.45, 2.75) is 125 Å². The largest absolute Gasteiger partial charge is 0.694 e. The second-order valence-corrected chi connectivity index (χ2v) is 10.3. The molecule has 0 aliphatic rings. The molecule has 0 fully saturated rings. The molecule has 29 heavy (non-hydrogen) atoms. The van der Waals surface area contributed by atoms with Crippen LogP contribution in [0.25, 0.3) is 0 Å². The Labute approximate surface area is 183 Å². The van der Waals surface area contributed by atoms with Crippen LogP contribution in [0.3, 0.4) is 0 Å². The van der Waals surface area contributed by atoms with Crippen LogP contribution in [0.4, 0.5) is 0 Å². The zero-order chi connectivity index (χ0) is 22.0. The van der Waals surface area contributed by atoms with Crippen molar-refractivity contribution in [2.75, 3.05) is 0 Å². The molecular formula is C25H48O3Si. The molecule has 0 radical (unpaired) electrons. The first kappa shape index (κ1) is 27.8. The molecule has 0 aliphatic carbocycles. The molecule has 0 aromatic heterocycles. The lowest BCUT2D eigenvalue weighted by atomic mass is 10.1. The van der Waals surface area contributed by atoms with E-state index in [9.17, 15) is 0 Å². The van der Waals surface area contributed by atoms with Crippen molar-refractivity contribution >= 4 is 8.80 Å². The minimum Gasteiger partial charge on any atom is -0.490 e. The quantitative estimate of drug-likeness (QED) is 0.162. The van der Waals surface area contributed by atoms with E-state index < -0.39 is 8.80 Å². The van der Waals surface area contributed by atoms with Crippen molar-refractivity contribution in [1.29, 1.82) is 0 Å². The SMILES string of the molecule is CCCCC(=CO[Si](C)(OC=C(CC)CCCC)OC=C(CC)CCCC)CC. The van der Waals surface area contributed by atoms with Gasteiger partial charge in [0, 0.05) is 6.55 Å². The van der Waals surface area contributed by atoms with Crippen LogP contribution in [0.1, 0.15) is 119 Å². The molecule has 0 bridgehead atoms. The minimum absolute atomic E-state index is 1.00. The van der Waals surface area contributed by atoms with Gasteiger partial charge in [0.25, 0.3) is 0 Å². The van der Waals surface area contributed by atoms with Crippen molar-refractivity contribution in [3.05, 3.63) is 35.5 Å². The van der Waals surface area contributed by atoms with E-state index in [2.05, 4.69) is 41.5 Å². The van der Waals surface area contributed by atoms with Gasteiger partial charge in [0.15, 0.2) is 0 Å². The standard InChI is InChI=1S/C25H48O3Si/c1-8-14-17-23(11-4)20-26-29(7,27-21-24(12-5)18-15-9-2)28-22-25(13-6)19-16-10-3/h20-22H,8-19H2,1-7H3. The summed E-state index contributed by atoms with van der Waals surface area (Å²) in [4.78, 5) is 0. The van der Waals surface area contributed by atoms with Crippen molar-refractivity contribution in [1.82, 2.24) is 0 Å². The molecule has 0 saturated heterocycles. The lowest BCUT2D eigenvalue weighted by Crippen LogP contribution is -2.38. The van der Waals surface area contributed by atoms with Crippen molar-refractivity contribution < 1.29 is 13.3 Å². The number of unbranched alkanes of at least 4 members (excludes halogenated alkanes) is 3. The van der Waals surface area contributed by atoms with Gasteiger partial charge in [-0.05, 0) is 74.5 Å². The molecule has 0 rings (SSSR count). The molecule has 0 aliphatic heterocycles. The van der Waals surface area contributed by atoms with Gasteiger partial charge in [0.1, 0.15) is 0 Å². The summed E-state index contributed by atoms with van der Waals surface area (Å²) in [6, 6.07) is 0. The number of hydrogen-bond donors (Lipinski definition) is 0. The molecule has 0 amide bonds. The Bertz CT molecular complexity index is 425. The van der Waals surface area contributed by atoms with E-state index in [1.165, 1.54) is 55.2 Å². The molecule has 3 nitrogen and oxygen atoms in total. The van der Waals surface area contributed by atoms with Crippen LogP contribution in [0.2, 0.25) is 6.55 Å². The Morgan fingerprint density at radius 2 is 0.828 bits per heavy atom. The Hall–Kier alpha value is -1.16. The van der Waals surface area contributed by atoms with Crippen molar-refractivity contribution in [3.63, 3.8) is 0 Å². The summed E-state index contributed by atoms with van der Waals surface area (Å²) in [5, 5.41) is 0. The molecule has 170 valence electrons. The Morgan fingerprint density at radius 1 is 0.552 bits per heavy atom. The van der Waals surface area contributed by atoms with Gasteiger partial charge >= 0.3 is 8.80 Å². The number of allylic oxidation sites excluding steroid dienone is 3. The average Bonchev–Trinajstić information content (AvgIpc) is 2.74. The Morgan fingerprint density at radius 3 is 1.03 bits per heavy atom. The predicted molar refractivity (Wildman–Crippen MR) is 129 cm³/mol. The summed E-state index contributed by atoms with van der Waals surface area (Å²) in [6.07, 6.45) is 19.2. The van der Waals surface area contributed by atoms with Gasteiger partial charge in [-0.25, -0.2) is 0 Å². The first-order valence-corrected chi connectivity index (χ1v) is 14.3. The third kappa shape index (κ3) is 13.6. The Balaban J connectivity index is 5.39. The van der Waals surface area contributed by atoms with Crippen LogP contribution in [-0.4, -0.2) is 8.80 Å². The van der Waals surface area contributed by atoms with Crippen LogP contribution in [0.5, 0.6) is 0 Å². The normalized spacial score (nSPS) is 15.2. The van der Waals surface area contributed by atoms with E-state index in [0.717, 1.165) is 38.5 Å². The molecule has 0 unspecified atom stereocenters. The summed E-state index contributed by atoms with van der Waals surface area (Å²) in [5.41, 5.74) is 3.98. The van der Waals surface area contributed by atoms with Gasteiger partial charge < -0.3 is 13.3 Å². The lowest BCUT2D eigenvalue weighted by molar-refractivity contribution is 0.184. The molecule has 0 aromatic carbocycles. The maximum absolute atomic E-state index is 6.22. The Kier molecular flexibility index (Phi) is 17.0. The number of hydrogen-bond acceptors (Lipinski definition) is 3. The summed E-state index contributed by atoms with van der Waals surface area (Å²) >= 11 is 0. The minimum atomic E-state index is -2.83. The zero-order valence-electron chi connectivity index (χ0n) is 20.4. The van der Waals surface area contributed by atoms with E-state index >= 15 is 0 Å². The summed E-state index contributed by atoms with van der Waals surface area (Å²) in [6.45, 7) is 15.2. The van der Waals surface area contributed by atoms with Gasteiger partial charge in [-0.1, -0.05) is 60.8 Å². The van der Waals surface area contributed by atoms with E-state index in [0.29, 0.717) is 0 Å². The maximum Gasteiger partial charge on any atom is 0.694 e. The fraction of sp³-hybridized carbons (Fsp3) is 0.760. The van der Waals surface area contributed by atoms with Crippen LogP contribution >= 0.6 is 0 Å². The van der Waals surface area contributed by atoms with Crippen molar-refractivity contribution in [2.24, 2.45) is 0 Å². The van der Waals surface area contributed by atoms with Crippen LogP contribution in [-0.2, 0) is 13.3 Å². The summed E-state index contributed by atoms with van der Waals surface area (Å²) < 4.78 is 18.7. The van der Waals surface area contributed by atoms with E-state index in [1.54, 1.807) is 0 Å². The smallest absolute Gasteiger partial charge is 0.490 e. The van der Waals surface area contributed by atoms with Gasteiger partial charge in [-0.15, -0.1) is 0 Å². The third-order valence-corrected chi connectivity index (χ3v) is 6.87. The molecule has 0 atom stereocenters. The van der Waals surface area contributed by atoms with E-state index in [-0.39, 0.29) is 0 Å². The highest BCUT2D eigenvalue weighted by Gasteiger charge is 2.39. The van der Waals surface area contributed by atoms with Crippen LogP contribution in [0, 0.1) is 0 Å². The van der Waals surface area contributed by atoms with Gasteiger partial charge in [0.2, 0.25) is 0 Å². The third-order valence-electron chi connectivity index (χ3n) is 5.24. The number of rotatable bonds is 18. The molecular weight excluding hydrogens is 376 g/mol. The lowest BCUT2D eigenvalue weighted by Gasteiger charge is -2.24. The first-order valence-electron chi connectivity index (χ1n) is 12.0. The topological polar surface area (TPSA) is 27.7 Å². The highest BCUT2D eigenvalue weighted by molar-refractivity contribution is 6.59. The van der Waals surface area contributed by atoms with Crippen LogP contribution in [0.15, 0.2) is 35.5 Å². The monoisotopic (exact) mass is 424 g/mol. The van der Waals surface area contributed by atoms with E-state index in [4.69, 9.17) is 13.3 Å². The van der Waals surface area contributed by atoms with Crippen LogP contribution < -0.4 is 0 Å². The highest BCUT2D eigenvalue weighted by atomic mass is 28.4. The van der Waals surface area contributed by atoms with Crippen molar-refractivity contribution in [3.8, 4) is 0 Å². The zero-order valence-corrected chi connectivity index (χ0v) is 21.4. The maximum atomic E-state index is 6.22. The molecule has 0 aromatic rings. The second kappa shape index (κ2) is 17.7.